The Morgan fingerprint density at radius 1 is 0.971 bits per heavy atom. The molecule has 0 spiro atoms. The van der Waals surface area contributed by atoms with Crippen LogP contribution in [0.4, 0.5) is 32.1 Å². The molecule has 0 radical (unpaired) electrons. The molecule has 3 atom stereocenters. The molecule has 8 nitrogen and oxygen atoms in total. The maximum absolute atomic E-state index is 13.9. The second kappa shape index (κ2) is 8.48. The summed E-state index contributed by atoms with van der Waals surface area (Å²) in [6.07, 6.45) is 6.08. The topological polar surface area (TPSA) is 75.0 Å². The summed E-state index contributed by atoms with van der Waals surface area (Å²) in [7, 11) is 0. The fourth-order valence-electron chi connectivity index (χ4n) is 5.72. The summed E-state index contributed by atoms with van der Waals surface area (Å²) in [6.45, 7) is 5.34. The van der Waals surface area contributed by atoms with Gasteiger partial charge in [-0.15, -0.1) is 5.10 Å². The summed E-state index contributed by atoms with van der Waals surface area (Å²) in [5, 5.41) is 16.6. The van der Waals surface area contributed by atoms with Crippen LogP contribution in [0.1, 0.15) is 31.4 Å². The lowest BCUT2D eigenvalue weighted by atomic mass is 9.92. The maximum Gasteiger partial charge on any atom is 0.244 e. The van der Waals surface area contributed by atoms with E-state index in [1.807, 2.05) is 22.7 Å². The van der Waals surface area contributed by atoms with Crippen molar-refractivity contribution in [3.8, 4) is 0 Å². The average Bonchev–Trinajstić information content (AvgIpc) is 3.23. The Labute approximate surface area is 197 Å². The van der Waals surface area contributed by atoms with Crippen molar-refractivity contribution >= 4 is 23.3 Å². The molecule has 2 aromatic heterocycles. The van der Waals surface area contributed by atoms with Crippen LogP contribution in [0.5, 0.6) is 0 Å². The number of fused-ring (bicyclic) bond motifs is 3. The predicted octanol–water partition coefficient (Wildman–Crippen LogP) is 3.91. The van der Waals surface area contributed by atoms with Gasteiger partial charge in [0.2, 0.25) is 11.9 Å². The molecule has 1 aromatic carbocycles. The van der Waals surface area contributed by atoms with Crippen molar-refractivity contribution in [1.82, 2.24) is 25.0 Å². The molecular formula is C24H28F2N8. The van der Waals surface area contributed by atoms with Crippen LogP contribution in [-0.4, -0.2) is 50.6 Å². The van der Waals surface area contributed by atoms with Gasteiger partial charge < -0.3 is 15.1 Å². The second-order valence-corrected chi connectivity index (χ2v) is 9.64. The molecular weight excluding hydrogens is 438 g/mol. The van der Waals surface area contributed by atoms with Crippen LogP contribution < -0.4 is 15.1 Å². The molecule has 6 rings (SSSR count). The van der Waals surface area contributed by atoms with E-state index in [0.29, 0.717) is 42.0 Å². The standard InChI is InChI=1S/C24H28F2N8/c1-15-10-19(12-27-30-15)32-13-16-4-5-17(14-32)22(16)28-23-29-24-33(8-2-3-9-34(24)31-23)18-6-7-20(25)21(26)11-18/h6-7,10-12,16-17,22H,2-5,8-9,13-14H2,1H3,(H,28,31)/t16-,17?,22?/m0/s1. The van der Waals surface area contributed by atoms with Crippen molar-refractivity contribution in [3.63, 3.8) is 0 Å². The molecule has 1 aliphatic carbocycles. The highest BCUT2D eigenvalue weighted by Crippen LogP contribution is 2.40. The van der Waals surface area contributed by atoms with E-state index in [0.717, 1.165) is 43.9 Å². The molecule has 3 aliphatic rings. The molecule has 2 unspecified atom stereocenters. The zero-order chi connectivity index (χ0) is 23.2. The minimum atomic E-state index is -0.853. The van der Waals surface area contributed by atoms with Gasteiger partial charge in [0.25, 0.3) is 0 Å². The Balaban J connectivity index is 1.22. The van der Waals surface area contributed by atoms with Gasteiger partial charge >= 0.3 is 0 Å². The van der Waals surface area contributed by atoms with Crippen LogP contribution in [0.15, 0.2) is 30.5 Å². The summed E-state index contributed by atoms with van der Waals surface area (Å²) >= 11 is 0. The summed E-state index contributed by atoms with van der Waals surface area (Å²) in [5.41, 5.74) is 2.66. The zero-order valence-corrected chi connectivity index (χ0v) is 19.2. The van der Waals surface area contributed by atoms with Gasteiger partial charge in [-0.05, 0) is 62.6 Å². The molecule has 1 saturated carbocycles. The Morgan fingerprint density at radius 3 is 2.53 bits per heavy atom. The van der Waals surface area contributed by atoms with Gasteiger partial charge in [-0.25, -0.2) is 13.5 Å². The molecule has 1 saturated heterocycles. The number of anilines is 4. The monoisotopic (exact) mass is 466 g/mol. The number of aryl methyl sites for hydroxylation is 2. The molecule has 0 amide bonds. The van der Waals surface area contributed by atoms with E-state index in [-0.39, 0.29) is 0 Å². The van der Waals surface area contributed by atoms with E-state index >= 15 is 0 Å². The van der Waals surface area contributed by atoms with E-state index < -0.39 is 11.6 Å². The van der Waals surface area contributed by atoms with E-state index in [4.69, 9.17) is 10.1 Å². The van der Waals surface area contributed by atoms with Crippen LogP contribution in [0.2, 0.25) is 0 Å². The summed E-state index contributed by atoms with van der Waals surface area (Å²) in [4.78, 5) is 9.17. The van der Waals surface area contributed by atoms with Crippen molar-refractivity contribution < 1.29 is 8.78 Å². The molecule has 34 heavy (non-hydrogen) atoms. The lowest BCUT2D eigenvalue weighted by Gasteiger charge is -2.39. The van der Waals surface area contributed by atoms with E-state index in [9.17, 15) is 8.78 Å². The highest BCUT2D eigenvalue weighted by molar-refractivity contribution is 5.59. The first-order chi connectivity index (χ1) is 16.5. The predicted molar refractivity (Wildman–Crippen MR) is 125 cm³/mol. The number of rotatable bonds is 4. The van der Waals surface area contributed by atoms with Crippen molar-refractivity contribution in [1.29, 1.82) is 0 Å². The molecule has 2 bridgehead atoms. The Bertz CT molecular complexity index is 1180. The molecule has 10 heteroatoms. The third-order valence-electron chi connectivity index (χ3n) is 7.37. The quantitative estimate of drug-likeness (QED) is 0.625. The highest BCUT2D eigenvalue weighted by Gasteiger charge is 2.43. The van der Waals surface area contributed by atoms with Gasteiger partial charge in [0.05, 0.1) is 17.6 Å². The van der Waals surface area contributed by atoms with Crippen molar-refractivity contribution in [2.45, 2.75) is 45.2 Å². The highest BCUT2D eigenvalue weighted by atomic mass is 19.2. The third kappa shape index (κ3) is 3.84. The number of halogens is 2. The Morgan fingerprint density at radius 2 is 1.76 bits per heavy atom. The van der Waals surface area contributed by atoms with Crippen LogP contribution in [0.3, 0.4) is 0 Å². The number of aromatic nitrogens is 5. The fourth-order valence-corrected chi connectivity index (χ4v) is 5.72. The first kappa shape index (κ1) is 21.2. The van der Waals surface area contributed by atoms with Crippen molar-refractivity contribution in [2.24, 2.45) is 11.8 Å². The van der Waals surface area contributed by atoms with Crippen LogP contribution in [0.25, 0.3) is 0 Å². The van der Waals surface area contributed by atoms with Gasteiger partial charge in [-0.2, -0.15) is 15.2 Å². The maximum atomic E-state index is 13.9. The molecule has 1 N–H and O–H groups in total. The van der Waals surface area contributed by atoms with E-state index in [1.165, 1.54) is 25.0 Å². The number of nitrogens with one attached hydrogen (secondary N) is 1. The smallest absolute Gasteiger partial charge is 0.244 e. The summed E-state index contributed by atoms with van der Waals surface area (Å²) < 4.78 is 29.3. The zero-order valence-electron chi connectivity index (χ0n) is 19.2. The van der Waals surface area contributed by atoms with Crippen LogP contribution in [0, 0.1) is 30.4 Å². The van der Waals surface area contributed by atoms with Gasteiger partial charge in [-0.1, -0.05) is 0 Å². The second-order valence-electron chi connectivity index (χ2n) is 9.64. The minimum absolute atomic E-state index is 0.315. The number of hydrogen-bond donors (Lipinski definition) is 1. The first-order valence-corrected chi connectivity index (χ1v) is 12.0. The van der Waals surface area contributed by atoms with Gasteiger partial charge in [0.15, 0.2) is 11.6 Å². The number of piperidine rings is 1. The lowest BCUT2D eigenvalue weighted by molar-refractivity contribution is 0.376. The van der Waals surface area contributed by atoms with Gasteiger partial charge in [0.1, 0.15) is 0 Å². The summed E-state index contributed by atoms with van der Waals surface area (Å²) in [6, 6.07) is 6.41. The number of nitrogens with zero attached hydrogens (tertiary/aromatic N) is 7. The first-order valence-electron chi connectivity index (χ1n) is 12.0. The normalized spacial score (nSPS) is 24.1. The number of hydrogen-bond acceptors (Lipinski definition) is 7. The molecule has 2 aliphatic heterocycles. The SMILES string of the molecule is Cc1cc(N2CC3CC[C@@H](C2)C3Nc2nc3n(n2)CCCCN3c2ccc(F)c(F)c2)cnn1. The molecule has 4 heterocycles. The number of benzene rings is 1. The van der Waals surface area contributed by atoms with Crippen molar-refractivity contribution in [3.05, 3.63) is 47.8 Å². The average molecular weight is 467 g/mol. The van der Waals surface area contributed by atoms with E-state index in [2.05, 4.69) is 26.5 Å². The largest absolute Gasteiger partial charge is 0.369 e. The summed E-state index contributed by atoms with van der Waals surface area (Å²) in [5.74, 6) is 0.585. The van der Waals surface area contributed by atoms with Crippen LogP contribution in [-0.2, 0) is 6.54 Å². The lowest BCUT2D eigenvalue weighted by Crippen LogP contribution is -2.48. The van der Waals surface area contributed by atoms with Crippen molar-refractivity contribution in [2.75, 3.05) is 34.8 Å². The fraction of sp³-hybridized carbons (Fsp3) is 0.500. The minimum Gasteiger partial charge on any atom is -0.369 e. The Hall–Kier alpha value is -3.30. The molecule has 178 valence electrons. The van der Waals surface area contributed by atoms with Gasteiger partial charge in [-0.3, -0.25) is 0 Å². The molecule has 2 fully saturated rings. The molecule has 3 aromatic rings. The van der Waals surface area contributed by atoms with E-state index in [1.54, 1.807) is 6.07 Å². The van der Waals surface area contributed by atoms with Gasteiger partial charge in [0, 0.05) is 44.0 Å². The van der Waals surface area contributed by atoms with Crippen LogP contribution >= 0.6 is 0 Å². The third-order valence-corrected chi connectivity index (χ3v) is 7.37. The Kier molecular flexibility index (Phi) is 5.30.